The summed E-state index contributed by atoms with van der Waals surface area (Å²) in [6.45, 7) is 0. The highest BCUT2D eigenvalue weighted by atomic mass is 35.5. The van der Waals surface area contributed by atoms with Crippen LogP contribution in [0.3, 0.4) is 0 Å². The summed E-state index contributed by atoms with van der Waals surface area (Å²) in [5, 5.41) is 25.8. The van der Waals surface area contributed by atoms with Gasteiger partial charge in [0.25, 0.3) is 0 Å². The molecule has 0 atom stereocenters. The summed E-state index contributed by atoms with van der Waals surface area (Å²) in [5.41, 5.74) is 1.62. The van der Waals surface area contributed by atoms with Crippen LogP contribution in [0.25, 0.3) is 4.96 Å². The van der Waals surface area contributed by atoms with Gasteiger partial charge in [-0.2, -0.15) is 4.52 Å². The van der Waals surface area contributed by atoms with Crippen molar-refractivity contribution in [2.75, 3.05) is 5.32 Å². The summed E-state index contributed by atoms with van der Waals surface area (Å²) in [5.74, 6) is 0.428. The Morgan fingerprint density at radius 3 is 2.72 bits per heavy atom. The molecule has 0 aliphatic rings. The second kappa shape index (κ2) is 6.30. The maximum absolute atomic E-state index is 13.2. The summed E-state index contributed by atoms with van der Waals surface area (Å²) < 4.78 is 14.9. The molecule has 0 fully saturated rings. The first-order valence-electron chi connectivity index (χ1n) is 7.29. The number of halogens is 2. The number of rotatable bonds is 4. The van der Waals surface area contributed by atoms with Crippen molar-refractivity contribution in [1.29, 1.82) is 0 Å². The fourth-order valence-electron chi connectivity index (χ4n) is 2.31. The second-order valence-corrected chi connectivity index (χ2v) is 6.68. The van der Waals surface area contributed by atoms with E-state index in [0.29, 0.717) is 28.0 Å². The summed E-state index contributed by atoms with van der Waals surface area (Å²) in [6.07, 6.45) is 0.535. The Morgan fingerprint density at radius 2 is 1.96 bits per heavy atom. The summed E-state index contributed by atoms with van der Waals surface area (Å²) >= 11 is 7.11. The first-order chi connectivity index (χ1) is 12.1. The minimum Gasteiger partial charge on any atom is -0.508 e. The Bertz CT molecular complexity index is 1050. The quantitative estimate of drug-likeness (QED) is 0.563. The number of nitrogens with zero attached hydrogens (tertiary/aromatic N) is 4. The fourth-order valence-corrected chi connectivity index (χ4v) is 3.27. The molecular weight excluding hydrogens is 365 g/mol. The Hall–Kier alpha value is -2.71. The van der Waals surface area contributed by atoms with Crippen LogP contribution in [0.15, 0.2) is 42.5 Å². The molecule has 4 rings (SSSR count). The number of phenols is 1. The maximum atomic E-state index is 13.2. The minimum absolute atomic E-state index is 0.0426. The molecule has 6 nitrogen and oxygen atoms in total. The number of aromatic nitrogens is 4. The average Bonchev–Trinajstić information content (AvgIpc) is 3.14. The van der Waals surface area contributed by atoms with Crippen molar-refractivity contribution in [1.82, 2.24) is 19.8 Å². The molecule has 0 saturated heterocycles. The zero-order valence-corrected chi connectivity index (χ0v) is 14.2. The van der Waals surface area contributed by atoms with Crippen LogP contribution in [0.1, 0.15) is 11.4 Å². The number of benzene rings is 2. The van der Waals surface area contributed by atoms with E-state index in [9.17, 15) is 9.50 Å². The van der Waals surface area contributed by atoms with Crippen LogP contribution >= 0.6 is 22.9 Å². The van der Waals surface area contributed by atoms with Gasteiger partial charge in [-0.25, -0.2) is 4.39 Å². The molecule has 0 saturated carbocycles. The van der Waals surface area contributed by atoms with Gasteiger partial charge in [-0.3, -0.25) is 0 Å². The molecule has 0 radical (unpaired) electrons. The molecule has 2 aromatic carbocycles. The van der Waals surface area contributed by atoms with Crippen molar-refractivity contribution in [2.24, 2.45) is 0 Å². The fraction of sp³-hybridized carbons (Fsp3) is 0.0625. The van der Waals surface area contributed by atoms with Gasteiger partial charge in [-0.1, -0.05) is 35.1 Å². The van der Waals surface area contributed by atoms with E-state index in [1.807, 2.05) is 12.1 Å². The number of aromatic hydroxyl groups is 1. The number of hydrogen-bond donors (Lipinski definition) is 2. The van der Waals surface area contributed by atoms with Crippen LogP contribution in [0.2, 0.25) is 5.02 Å². The molecule has 2 heterocycles. The van der Waals surface area contributed by atoms with Crippen LogP contribution in [0.5, 0.6) is 5.75 Å². The van der Waals surface area contributed by atoms with Gasteiger partial charge in [0.1, 0.15) is 11.6 Å². The van der Waals surface area contributed by atoms with Gasteiger partial charge >= 0.3 is 0 Å². The average molecular weight is 376 g/mol. The molecule has 126 valence electrons. The van der Waals surface area contributed by atoms with Gasteiger partial charge in [-0.05, 0) is 35.9 Å². The van der Waals surface area contributed by atoms with E-state index in [-0.39, 0.29) is 10.8 Å². The molecule has 4 aromatic rings. The van der Waals surface area contributed by atoms with Crippen LogP contribution in [0, 0.1) is 5.82 Å². The molecule has 0 unspecified atom stereocenters. The van der Waals surface area contributed by atoms with E-state index in [4.69, 9.17) is 11.6 Å². The van der Waals surface area contributed by atoms with Crippen LogP contribution < -0.4 is 5.32 Å². The van der Waals surface area contributed by atoms with Crippen molar-refractivity contribution in [3.63, 3.8) is 0 Å². The van der Waals surface area contributed by atoms with E-state index in [0.717, 1.165) is 5.56 Å². The Kier molecular flexibility index (Phi) is 3.98. The molecule has 0 spiro atoms. The van der Waals surface area contributed by atoms with Crippen LogP contribution in [-0.2, 0) is 6.42 Å². The van der Waals surface area contributed by atoms with Gasteiger partial charge < -0.3 is 10.4 Å². The molecule has 0 aliphatic carbocycles. The second-order valence-electron chi connectivity index (χ2n) is 5.31. The third-order valence-corrected chi connectivity index (χ3v) is 4.63. The van der Waals surface area contributed by atoms with Crippen LogP contribution in [0.4, 0.5) is 15.2 Å². The predicted molar refractivity (Wildman–Crippen MR) is 94.3 cm³/mol. The van der Waals surface area contributed by atoms with E-state index in [1.165, 1.54) is 23.5 Å². The third kappa shape index (κ3) is 3.26. The largest absolute Gasteiger partial charge is 0.508 e. The first-order valence-corrected chi connectivity index (χ1v) is 8.49. The van der Waals surface area contributed by atoms with E-state index < -0.39 is 5.82 Å². The lowest BCUT2D eigenvalue weighted by molar-refractivity contribution is 0.475. The van der Waals surface area contributed by atoms with Gasteiger partial charge in [0, 0.05) is 12.1 Å². The van der Waals surface area contributed by atoms with Crippen molar-refractivity contribution in [3.05, 3.63) is 64.7 Å². The van der Waals surface area contributed by atoms with Crippen molar-refractivity contribution in [2.45, 2.75) is 6.42 Å². The zero-order chi connectivity index (χ0) is 17.4. The predicted octanol–water partition coefficient (Wildman–Crippen LogP) is 4.02. The lowest BCUT2D eigenvalue weighted by atomic mass is 10.1. The molecule has 2 aromatic heterocycles. The third-order valence-electron chi connectivity index (χ3n) is 3.52. The standard InChI is InChI=1S/C16H11ClFN5OS/c17-12-8-10(3-6-13(12)18)19-15-22-23-14(20-21-16(23)25-15)7-9-1-4-11(24)5-2-9/h1-6,8,24H,7H2,(H,19,22). The molecule has 9 heteroatoms. The molecule has 0 aliphatic heterocycles. The Morgan fingerprint density at radius 1 is 1.16 bits per heavy atom. The van der Waals surface area contributed by atoms with Gasteiger partial charge in [0.05, 0.1) is 5.02 Å². The molecular formula is C16H11ClFN5OS. The number of fused-ring (bicyclic) bond motifs is 1. The summed E-state index contributed by atoms with van der Waals surface area (Å²) in [6, 6.07) is 11.3. The highest BCUT2D eigenvalue weighted by Crippen LogP contribution is 2.26. The van der Waals surface area contributed by atoms with E-state index in [2.05, 4.69) is 20.6 Å². The summed E-state index contributed by atoms with van der Waals surface area (Å²) in [4.78, 5) is 0.643. The highest BCUT2D eigenvalue weighted by molar-refractivity contribution is 7.20. The topological polar surface area (TPSA) is 75.3 Å². The molecule has 2 N–H and O–H groups in total. The Balaban J connectivity index is 1.59. The maximum Gasteiger partial charge on any atom is 0.236 e. The van der Waals surface area contributed by atoms with Gasteiger partial charge in [0.2, 0.25) is 10.1 Å². The molecule has 0 bridgehead atoms. The van der Waals surface area contributed by atoms with E-state index in [1.54, 1.807) is 22.7 Å². The van der Waals surface area contributed by atoms with Gasteiger partial charge in [-0.15, -0.1) is 15.3 Å². The lowest BCUT2D eigenvalue weighted by Gasteiger charge is -2.03. The van der Waals surface area contributed by atoms with Crippen LogP contribution in [-0.4, -0.2) is 24.9 Å². The highest BCUT2D eigenvalue weighted by Gasteiger charge is 2.13. The van der Waals surface area contributed by atoms with Crippen molar-refractivity contribution in [3.8, 4) is 5.75 Å². The lowest BCUT2D eigenvalue weighted by Crippen LogP contribution is -1.98. The monoisotopic (exact) mass is 375 g/mol. The number of anilines is 2. The zero-order valence-electron chi connectivity index (χ0n) is 12.6. The first kappa shape index (κ1) is 15.8. The smallest absolute Gasteiger partial charge is 0.236 e. The van der Waals surface area contributed by atoms with E-state index >= 15 is 0 Å². The van der Waals surface area contributed by atoms with Gasteiger partial charge in [0.15, 0.2) is 5.82 Å². The number of phenolic OH excluding ortho intramolecular Hbond substituents is 1. The number of hydrogen-bond acceptors (Lipinski definition) is 6. The number of nitrogens with one attached hydrogen (secondary N) is 1. The summed E-state index contributed by atoms with van der Waals surface area (Å²) in [7, 11) is 0. The molecule has 0 amide bonds. The SMILES string of the molecule is Oc1ccc(Cc2nnc3sc(Nc4ccc(F)c(Cl)c4)nn23)cc1. The van der Waals surface area contributed by atoms with Crippen molar-refractivity contribution >= 4 is 38.7 Å². The Labute approximate surface area is 150 Å². The minimum atomic E-state index is -0.471. The van der Waals surface area contributed by atoms with Crippen molar-refractivity contribution < 1.29 is 9.50 Å². The molecule has 25 heavy (non-hydrogen) atoms. The normalized spacial score (nSPS) is 11.1.